The van der Waals surface area contributed by atoms with Gasteiger partial charge in [-0.1, -0.05) is 48.4 Å². The second-order valence-electron chi connectivity index (χ2n) is 8.52. The first kappa shape index (κ1) is 34.0. The Bertz CT molecular complexity index is 1210. The Hall–Kier alpha value is -2.03. The van der Waals surface area contributed by atoms with Crippen molar-refractivity contribution in [3.8, 4) is 28.0 Å². The van der Waals surface area contributed by atoms with Gasteiger partial charge >= 0.3 is 29.6 Å². The van der Waals surface area contributed by atoms with Crippen LogP contribution in [-0.4, -0.2) is 51.5 Å². The molecule has 0 unspecified atom stereocenters. The van der Waals surface area contributed by atoms with E-state index in [0.717, 1.165) is 54.1 Å². The van der Waals surface area contributed by atoms with Crippen LogP contribution in [0.2, 0.25) is 0 Å². The molecule has 0 aliphatic carbocycles. The maximum atomic E-state index is 11.1. The van der Waals surface area contributed by atoms with Gasteiger partial charge in [-0.3, -0.25) is 4.55 Å². The van der Waals surface area contributed by atoms with Gasteiger partial charge in [0.1, 0.15) is 0 Å². The van der Waals surface area contributed by atoms with Crippen LogP contribution in [0.4, 0.5) is 11.4 Å². The average Bonchev–Trinajstić information content (AvgIpc) is 2.88. The molecule has 0 aromatic heterocycles. The second kappa shape index (κ2) is 16.2. The molecule has 1 N–H and O–H groups in total. The molecule has 0 aliphatic heterocycles. The summed E-state index contributed by atoms with van der Waals surface area (Å²) in [7, 11) is -4.02. The van der Waals surface area contributed by atoms with E-state index in [9.17, 15) is 8.42 Å². The van der Waals surface area contributed by atoms with E-state index >= 15 is 0 Å². The van der Waals surface area contributed by atoms with Crippen molar-refractivity contribution in [1.29, 1.82) is 0 Å². The molecule has 3 aromatic rings. The third-order valence-electron chi connectivity index (χ3n) is 6.33. The van der Waals surface area contributed by atoms with E-state index < -0.39 is 10.1 Å². The van der Waals surface area contributed by atoms with E-state index in [2.05, 4.69) is 92.1 Å². The first-order valence-electron chi connectivity index (χ1n) is 12.6. The second-order valence-corrected chi connectivity index (χ2v) is 10.1. The minimum absolute atomic E-state index is 0. The summed E-state index contributed by atoms with van der Waals surface area (Å²) in [4.78, 5) is 4.59. The van der Waals surface area contributed by atoms with Crippen molar-refractivity contribution in [3.63, 3.8) is 0 Å². The fraction of sp³-hybridized carbons (Fsp3) is 0.400. The van der Waals surface area contributed by atoms with Gasteiger partial charge in [0.05, 0.1) is 12.4 Å². The van der Waals surface area contributed by atoms with Crippen LogP contribution in [0, 0.1) is 6.07 Å². The summed E-state index contributed by atoms with van der Waals surface area (Å²) in [5.41, 5.74) is 6.18. The Balaban J connectivity index is 0.00000361. The SMILES string of the molecule is C.CCN(CC)c1ccc(-c2[c-]ccc(OCCCS(=O)(=O)O)c2-c2ccc(N(CC)CC)cc2)cc1.[Na+]. The maximum absolute atomic E-state index is 11.1. The van der Waals surface area contributed by atoms with E-state index in [1.54, 1.807) is 0 Å². The number of anilines is 2. The van der Waals surface area contributed by atoms with Crippen LogP contribution in [0.15, 0.2) is 60.7 Å². The van der Waals surface area contributed by atoms with Crippen LogP contribution in [0.3, 0.4) is 0 Å². The van der Waals surface area contributed by atoms with E-state index in [1.165, 1.54) is 5.69 Å². The van der Waals surface area contributed by atoms with Crippen molar-refractivity contribution in [2.45, 2.75) is 41.5 Å². The van der Waals surface area contributed by atoms with Crippen molar-refractivity contribution in [3.05, 3.63) is 66.7 Å². The molecule has 0 aliphatic rings. The molecule has 0 saturated carbocycles. The Kier molecular flexibility index (Phi) is 14.5. The van der Waals surface area contributed by atoms with Gasteiger partial charge in [0.2, 0.25) is 0 Å². The molecule has 0 radical (unpaired) electrons. The molecule has 0 bridgehead atoms. The van der Waals surface area contributed by atoms with Gasteiger partial charge in [0.25, 0.3) is 10.1 Å². The minimum atomic E-state index is -4.02. The summed E-state index contributed by atoms with van der Waals surface area (Å²) in [5.74, 6) is 0.321. The molecule has 38 heavy (non-hydrogen) atoms. The van der Waals surface area contributed by atoms with Gasteiger partial charge in [-0.25, -0.2) is 0 Å². The molecule has 6 nitrogen and oxygen atoms in total. The minimum Gasteiger partial charge on any atom is -0.512 e. The Labute approximate surface area is 252 Å². The molecule has 3 aromatic carbocycles. The third kappa shape index (κ3) is 9.02. The normalized spacial score (nSPS) is 10.8. The zero-order chi connectivity index (χ0) is 26.1. The van der Waals surface area contributed by atoms with Gasteiger partial charge in [-0.2, -0.15) is 8.42 Å². The first-order valence-corrected chi connectivity index (χ1v) is 14.3. The summed E-state index contributed by atoms with van der Waals surface area (Å²) in [6.45, 7) is 12.5. The third-order valence-corrected chi connectivity index (χ3v) is 7.14. The topological polar surface area (TPSA) is 70.1 Å². The fourth-order valence-corrected chi connectivity index (χ4v) is 4.88. The molecule has 0 atom stereocenters. The molecular formula is C30H41N2NaO4S. The van der Waals surface area contributed by atoms with Crippen molar-refractivity contribution in [2.24, 2.45) is 0 Å². The molecule has 202 valence electrons. The number of hydrogen-bond acceptors (Lipinski definition) is 5. The predicted molar refractivity (Wildman–Crippen MR) is 157 cm³/mol. The number of hydrogen-bond donors (Lipinski definition) is 1. The Morgan fingerprint density at radius 3 is 1.71 bits per heavy atom. The van der Waals surface area contributed by atoms with Crippen LogP contribution in [-0.2, 0) is 10.1 Å². The molecule has 8 heteroatoms. The van der Waals surface area contributed by atoms with Gasteiger partial charge in [0, 0.05) is 43.3 Å². The van der Waals surface area contributed by atoms with Gasteiger partial charge in [-0.05, 0) is 58.4 Å². The zero-order valence-corrected chi connectivity index (χ0v) is 25.5. The molecule has 3 rings (SSSR count). The van der Waals surface area contributed by atoms with E-state index in [-0.39, 0.29) is 55.8 Å². The fourth-order valence-electron chi connectivity index (χ4n) is 4.39. The van der Waals surface area contributed by atoms with Crippen LogP contribution in [0.25, 0.3) is 22.3 Å². The summed E-state index contributed by atoms with van der Waals surface area (Å²) in [6, 6.07) is 24.0. The van der Waals surface area contributed by atoms with Crippen LogP contribution in [0.1, 0.15) is 41.5 Å². The van der Waals surface area contributed by atoms with Crippen molar-refractivity contribution >= 4 is 21.5 Å². The number of rotatable bonds is 13. The summed E-state index contributed by atoms with van der Waals surface area (Å²) >= 11 is 0. The summed E-state index contributed by atoms with van der Waals surface area (Å²) < 4.78 is 37.3. The van der Waals surface area contributed by atoms with Gasteiger partial charge in [0.15, 0.2) is 0 Å². The molecule has 0 spiro atoms. The average molecular weight is 549 g/mol. The monoisotopic (exact) mass is 548 g/mol. The molecule has 0 heterocycles. The summed E-state index contributed by atoms with van der Waals surface area (Å²) in [5, 5.41) is 0. The largest absolute Gasteiger partial charge is 1.00 e. The van der Waals surface area contributed by atoms with Crippen molar-refractivity contribution in [1.82, 2.24) is 0 Å². The molecule has 0 saturated heterocycles. The van der Waals surface area contributed by atoms with Crippen LogP contribution >= 0.6 is 0 Å². The maximum Gasteiger partial charge on any atom is 1.00 e. The Morgan fingerprint density at radius 1 is 0.789 bits per heavy atom. The van der Waals surface area contributed by atoms with Crippen molar-refractivity contribution < 1.29 is 47.3 Å². The number of ether oxygens (including phenoxy) is 1. The molecule has 0 fully saturated rings. The first-order chi connectivity index (χ1) is 17.3. The smallest absolute Gasteiger partial charge is 0.512 e. The summed E-state index contributed by atoms with van der Waals surface area (Å²) in [6.07, 6.45) is 0.200. The van der Waals surface area contributed by atoms with E-state index in [0.29, 0.717) is 5.75 Å². The van der Waals surface area contributed by atoms with E-state index in [4.69, 9.17) is 9.29 Å². The quantitative estimate of drug-likeness (QED) is 0.152. The van der Waals surface area contributed by atoms with Crippen LogP contribution in [0.5, 0.6) is 5.75 Å². The standard InChI is InChI=1S/C29H37N2O4S.CH4.Na/c1-5-30(6-2)25-17-13-23(14-18-25)27-11-9-12-28(35-21-10-22-36(32,33)34)29(27)24-15-19-26(20-16-24)31(7-3)8-4;;/h9,12-20H,5-8,10,21-22H2,1-4H3,(H,32,33,34);1H4;/q-1;;+1. The van der Waals surface area contributed by atoms with E-state index in [1.807, 2.05) is 12.1 Å². The van der Waals surface area contributed by atoms with Crippen molar-refractivity contribution in [2.75, 3.05) is 48.3 Å². The molecule has 0 amide bonds. The zero-order valence-electron chi connectivity index (χ0n) is 22.7. The number of nitrogens with zero attached hydrogens (tertiary/aromatic N) is 2. The Morgan fingerprint density at radius 2 is 1.26 bits per heavy atom. The predicted octanol–water partition coefficient (Wildman–Crippen LogP) is 3.81. The molecular weight excluding hydrogens is 507 g/mol. The number of benzene rings is 3. The van der Waals surface area contributed by atoms with Gasteiger partial charge in [-0.15, -0.1) is 23.8 Å². The van der Waals surface area contributed by atoms with Crippen LogP contribution < -0.4 is 44.1 Å². The van der Waals surface area contributed by atoms with Gasteiger partial charge < -0.3 is 14.5 Å².